The van der Waals surface area contributed by atoms with Gasteiger partial charge in [-0.2, -0.15) is 0 Å². The number of hydrogen-bond donors (Lipinski definition) is 0. The van der Waals surface area contributed by atoms with Crippen LogP contribution >= 0.6 is 0 Å². The van der Waals surface area contributed by atoms with Gasteiger partial charge in [0, 0.05) is 5.41 Å². The summed E-state index contributed by atoms with van der Waals surface area (Å²) in [5, 5.41) is 0. The van der Waals surface area contributed by atoms with Crippen LogP contribution in [0.1, 0.15) is 19.8 Å². The second-order valence-electron chi connectivity index (χ2n) is 2.40. The molecule has 0 fully saturated rings. The molecule has 0 aromatic heterocycles. The third kappa shape index (κ3) is 0.835. The first kappa shape index (κ1) is 5.61. The van der Waals surface area contributed by atoms with Crippen LogP contribution in [0.4, 0.5) is 0 Å². The lowest BCUT2D eigenvalue weighted by Gasteiger charge is -2.05. The predicted octanol–water partition coefficient (Wildman–Crippen LogP) is 2.53. The second kappa shape index (κ2) is 1.77. The van der Waals surface area contributed by atoms with Gasteiger partial charge in [0.25, 0.3) is 0 Å². The summed E-state index contributed by atoms with van der Waals surface area (Å²) in [6.07, 6.45) is 8.94. The van der Waals surface area contributed by atoms with Gasteiger partial charge in [0.1, 0.15) is 0 Å². The highest BCUT2D eigenvalue weighted by Crippen LogP contribution is 2.40. The van der Waals surface area contributed by atoms with Crippen molar-refractivity contribution < 1.29 is 0 Å². The van der Waals surface area contributed by atoms with Crippen LogP contribution in [0, 0.1) is 5.41 Å². The van der Waals surface area contributed by atoms with Crippen molar-refractivity contribution in [3.05, 3.63) is 24.8 Å². The van der Waals surface area contributed by atoms with Crippen LogP contribution in [0.25, 0.3) is 0 Å². The van der Waals surface area contributed by atoms with E-state index in [-0.39, 0.29) is 0 Å². The van der Waals surface area contributed by atoms with Crippen molar-refractivity contribution in [2.24, 2.45) is 5.41 Å². The van der Waals surface area contributed by atoms with E-state index in [4.69, 9.17) is 0 Å². The molecule has 0 radical (unpaired) electrons. The maximum absolute atomic E-state index is 3.75. The molecule has 8 heavy (non-hydrogen) atoms. The maximum Gasteiger partial charge on any atom is 0.0240 e. The fourth-order valence-corrected chi connectivity index (χ4v) is 0.945. The first-order valence-corrected chi connectivity index (χ1v) is 3.17. The molecular formula is C8H12. The van der Waals surface area contributed by atoms with Gasteiger partial charge in [0.2, 0.25) is 0 Å². The highest BCUT2D eigenvalue weighted by atomic mass is 14.3. The molecule has 0 unspecified atom stereocenters. The van der Waals surface area contributed by atoms with E-state index in [0.717, 1.165) is 0 Å². The summed E-state index contributed by atoms with van der Waals surface area (Å²) in [4.78, 5) is 0. The Hall–Kier alpha value is -0.520. The lowest BCUT2D eigenvalue weighted by molar-refractivity contribution is 0.627. The van der Waals surface area contributed by atoms with Gasteiger partial charge in [-0.1, -0.05) is 31.6 Å². The average Bonchev–Trinajstić information content (AvgIpc) is 2.50. The minimum Gasteiger partial charge on any atom is -0.102 e. The van der Waals surface area contributed by atoms with Gasteiger partial charge in [-0.05, 0) is 6.42 Å². The Morgan fingerprint density at radius 3 is 2.38 bits per heavy atom. The van der Waals surface area contributed by atoms with Gasteiger partial charge < -0.3 is 0 Å². The van der Waals surface area contributed by atoms with E-state index >= 15 is 0 Å². The smallest absolute Gasteiger partial charge is 0.0240 e. The van der Waals surface area contributed by atoms with E-state index < -0.39 is 0 Å². The minimum absolute atomic E-state index is 0.356. The van der Waals surface area contributed by atoms with Gasteiger partial charge in [-0.15, -0.1) is 6.58 Å². The van der Waals surface area contributed by atoms with Crippen LogP contribution in [0.15, 0.2) is 24.8 Å². The van der Waals surface area contributed by atoms with Gasteiger partial charge in [0.05, 0.1) is 0 Å². The summed E-state index contributed by atoms with van der Waals surface area (Å²) in [6.45, 7) is 5.95. The van der Waals surface area contributed by atoms with Crippen molar-refractivity contribution in [1.29, 1.82) is 0 Å². The van der Waals surface area contributed by atoms with Crippen LogP contribution in [0.5, 0.6) is 0 Å². The molecule has 0 aliphatic heterocycles. The highest BCUT2D eigenvalue weighted by molar-refractivity contribution is 5.32. The molecule has 0 heterocycles. The standard InChI is InChI=1S/C8H12/c1-3-5-8(4-2)6-7-8/h4,6-7H,2-3,5H2,1H3. The van der Waals surface area contributed by atoms with Crippen molar-refractivity contribution in [3.8, 4) is 0 Å². The predicted molar refractivity (Wildman–Crippen MR) is 36.7 cm³/mol. The Kier molecular flexibility index (Phi) is 1.24. The molecule has 0 spiro atoms. The monoisotopic (exact) mass is 108 g/mol. The number of allylic oxidation sites excluding steroid dienone is 3. The molecule has 0 nitrogen and oxygen atoms in total. The van der Waals surface area contributed by atoms with Crippen molar-refractivity contribution in [1.82, 2.24) is 0 Å². The first-order valence-electron chi connectivity index (χ1n) is 3.17. The molecule has 1 aliphatic carbocycles. The third-order valence-corrected chi connectivity index (χ3v) is 1.66. The molecule has 0 atom stereocenters. The Morgan fingerprint density at radius 1 is 1.62 bits per heavy atom. The van der Waals surface area contributed by atoms with Crippen molar-refractivity contribution in [3.63, 3.8) is 0 Å². The minimum atomic E-state index is 0.356. The Bertz CT molecular complexity index is 114. The summed E-state index contributed by atoms with van der Waals surface area (Å²) < 4.78 is 0. The Labute approximate surface area is 50.9 Å². The molecule has 0 aromatic carbocycles. The van der Waals surface area contributed by atoms with Gasteiger partial charge in [-0.3, -0.25) is 0 Å². The lowest BCUT2D eigenvalue weighted by Crippen LogP contribution is -1.94. The Morgan fingerprint density at radius 2 is 2.25 bits per heavy atom. The zero-order valence-corrected chi connectivity index (χ0v) is 5.35. The summed E-state index contributed by atoms with van der Waals surface area (Å²) >= 11 is 0. The fraction of sp³-hybridized carbons (Fsp3) is 0.500. The molecule has 0 amide bonds. The van der Waals surface area contributed by atoms with Gasteiger partial charge >= 0.3 is 0 Å². The summed E-state index contributed by atoms with van der Waals surface area (Å²) in [5.74, 6) is 0. The second-order valence-corrected chi connectivity index (χ2v) is 2.40. The molecule has 0 aromatic rings. The van der Waals surface area contributed by atoms with E-state index in [9.17, 15) is 0 Å². The molecule has 1 rings (SSSR count). The summed E-state index contributed by atoms with van der Waals surface area (Å²) in [6, 6.07) is 0. The average molecular weight is 108 g/mol. The fourth-order valence-electron chi connectivity index (χ4n) is 0.945. The third-order valence-electron chi connectivity index (χ3n) is 1.66. The molecule has 0 saturated heterocycles. The largest absolute Gasteiger partial charge is 0.102 e. The van der Waals surface area contributed by atoms with Crippen molar-refractivity contribution >= 4 is 0 Å². The number of hydrogen-bond acceptors (Lipinski definition) is 0. The zero-order chi connectivity index (χ0) is 6.04. The van der Waals surface area contributed by atoms with Crippen LogP contribution in [-0.4, -0.2) is 0 Å². The quantitative estimate of drug-likeness (QED) is 0.487. The topological polar surface area (TPSA) is 0 Å². The van der Waals surface area contributed by atoms with E-state index in [0.29, 0.717) is 5.41 Å². The van der Waals surface area contributed by atoms with E-state index in [1.807, 2.05) is 6.08 Å². The van der Waals surface area contributed by atoms with Crippen molar-refractivity contribution in [2.75, 3.05) is 0 Å². The van der Waals surface area contributed by atoms with Crippen LogP contribution < -0.4 is 0 Å². The first-order chi connectivity index (χ1) is 3.83. The SMILES string of the molecule is C=CC1(CCC)C=C1. The Balaban J connectivity index is 2.31. The highest BCUT2D eigenvalue weighted by Gasteiger charge is 2.28. The molecule has 44 valence electrons. The maximum atomic E-state index is 3.75. The lowest BCUT2D eigenvalue weighted by atomic mass is 9.99. The molecule has 0 heteroatoms. The summed E-state index contributed by atoms with van der Waals surface area (Å²) in [5.41, 5.74) is 0.356. The van der Waals surface area contributed by atoms with Gasteiger partial charge in [-0.25, -0.2) is 0 Å². The van der Waals surface area contributed by atoms with E-state index in [1.165, 1.54) is 12.8 Å². The van der Waals surface area contributed by atoms with E-state index in [2.05, 4.69) is 25.7 Å². The molecular weight excluding hydrogens is 96.1 g/mol. The van der Waals surface area contributed by atoms with Crippen molar-refractivity contribution in [2.45, 2.75) is 19.8 Å². The molecule has 0 saturated carbocycles. The summed E-state index contributed by atoms with van der Waals surface area (Å²) in [7, 11) is 0. The zero-order valence-electron chi connectivity index (χ0n) is 5.35. The molecule has 1 aliphatic rings. The number of rotatable bonds is 3. The van der Waals surface area contributed by atoms with Crippen LogP contribution in [0.3, 0.4) is 0 Å². The molecule has 0 bridgehead atoms. The van der Waals surface area contributed by atoms with Gasteiger partial charge in [0.15, 0.2) is 0 Å². The van der Waals surface area contributed by atoms with Crippen LogP contribution in [0.2, 0.25) is 0 Å². The van der Waals surface area contributed by atoms with E-state index in [1.54, 1.807) is 0 Å². The molecule has 0 N–H and O–H groups in total. The normalized spacial score (nSPS) is 20.6. The van der Waals surface area contributed by atoms with Crippen LogP contribution in [-0.2, 0) is 0 Å².